The molecule has 0 spiro atoms. The standard InChI is InChI=1S/C22H27FN2O2/c1-3-27-22(26)11-9-17-8-10-19(14-20(17)23)25(2)15-16-6-7-18-5-4-12-24-21(18)13-16/h6-8,10,13-14,24H,3-5,9,11-12,15H2,1-2H3. The van der Waals surface area contributed by atoms with Crippen molar-refractivity contribution in [3.8, 4) is 0 Å². The molecule has 0 aliphatic carbocycles. The van der Waals surface area contributed by atoms with Crippen molar-refractivity contribution in [1.82, 2.24) is 0 Å². The van der Waals surface area contributed by atoms with Crippen molar-refractivity contribution in [2.45, 2.75) is 39.2 Å². The van der Waals surface area contributed by atoms with E-state index < -0.39 is 0 Å². The summed E-state index contributed by atoms with van der Waals surface area (Å²) in [4.78, 5) is 13.5. The minimum absolute atomic E-state index is 0.196. The van der Waals surface area contributed by atoms with Crippen molar-refractivity contribution in [3.05, 3.63) is 58.9 Å². The molecule has 0 fully saturated rings. The fourth-order valence-electron chi connectivity index (χ4n) is 3.42. The van der Waals surface area contributed by atoms with E-state index in [-0.39, 0.29) is 18.2 Å². The molecular formula is C22H27FN2O2. The van der Waals surface area contributed by atoms with E-state index in [4.69, 9.17) is 4.74 Å². The lowest BCUT2D eigenvalue weighted by molar-refractivity contribution is -0.143. The van der Waals surface area contributed by atoms with Gasteiger partial charge in [0.15, 0.2) is 0 Å². The Morgan fingerprint density at radius 1 is 1.26 bits per heavy atom. The highest BCUT2D eigenvalue weighted by Gasteiger charge is 2.12. The van der Waals surface area contributed by atoms with E-state index in [1.807, 2.05) is 18.0 Å². The third kappa shape index (κ3) is 5.00. The van der Waals surface area contributed by atoms with Crippen LogP contribution in [0.5, 0.6) is 0 Å². The molecule has 0 saturated carbocycles. The summed E-state index contributed by atoms with van der Waals surface area (Å²) in [6, 6.07) is 11.7. The first-order valence-corrected chi connectivity index (χ1v) is 9.57. The molecular weight excluding hydrogens is 343 g/mol. The molecule has 1 aliphatic rings. The second-order valence-electron chi connectivity index (χ2n) is 6.96. The molecule has 1 N–H and O–H groups in total. The first kappa shape index (κ1) is 19.2. The van der Waals surface area contributed by atoms with Gasteiger partial charge in [0.1, 0.15) is 5.82 Å². The third-order valence-electron chi connectivity index (χ3n) is 4.91. The van der Waals surface area contributed by atoms with Gasteiger partial charge in [0, 0.05) is 37.9 Å². The van der Waals surface area contributed by atoms with E-state index in [1.54, 1.807) is 13.0 Å². The number of carbonyl (C=O) groups excluding carboxylic acids is 1. The molecule has 3 rings (SSSR count). The molecule has 0 unspecified atom stereocenters. The molecule has 144 valence electrons. The highest BCUT2D eigenvalue weighted by molar-refractivity contribution is 5.69. The largest absolute Gasteiger partial charge is 0.466 e. The molecule has 4 nitrogen and oxygen atoms in total. The highest BCUT2D eigenvalue weighted by Crippen LogP contribution is 2.25. The molecule has 0 aromatic heterocycles. The van der Waals surface area contributed by atoms with E-state index >= 15 is 0 Å². The second-order valence-corrected chi connectivity index (χ2v) is 6.96. The minimum Gasteiger partial charge on any atom is -0.466 e. The van der Waals surface area contributed by atoms with Crippen molar-refractivity contribution in [3.63, 3.8) is 0 Å². The smallest absolute Gasteiger partial charge is 0.306 e. The van der Waals surface area contributed by atoms with Crippen molar-refractivity contribution >= 4 is 17.3 Å². The van der Waals surface area contributed by atoms with E-state index in [2.05, 4.69) is 23.5 Å². The number of halogens is 1. The fourth-order valence-corrected chi connectivity index (χ4v) is 3.42. The number of nitrogens with one attached hydrogen (secondary N) is 1. The Hall–Kier alpha value is -2.56. The van der Waals surface area contributed by atoms with Crippen LogP contribution in [0.15, 0.2) is 36.4 Å². The van der Waals surface area contributed by atoms with Crippen LogP contribution in [0.25, 0.3) is 0 Å². The molecule has 0 bridgehead atoms. The lowest BCUT2D eigenvalue weighted by Crippen LogP contribution is -2.18. The van der Waals surface area contributed by atoms with Gasteiger partial charge in [0.05, 0.1) is 6.61 Å². The van der Waals surface area contributed by atoms with Crippen molar-refractivity contribution in [2.24, 2.45) is 0 Å². The van der Waals surface area contributed by atoms with Gasteiger partial charge in [0.2, 0.25) is 0 Å². The van der Waals surface area contributed by atoms with Gasteiger partial charge in [-0.25, -0.2) is 4.39 Å². The Morgan fingerprint density at radius 3 is 2.89 bits per heavy atom. The average Bonchev–Trinajstić information content (AvgIpc) is 2.67. The monoisotopic (exact) mass is 370 g/mol. The molecule has 1 aliphatic heterocycles. The van der Waals surface area contributed by atoms with Crippen molar-refractivity contribution < 1.29 is 13.9 Å². The lowest BCUT2D eigenvalue weighted by Gasteiger charge is -2.23. The summed E-state index contributed by atoms with van der Waals surface area (Å²) in [5.74, 6) is -0.574. The number of hydrogen-bond acceptors (Lipinski definition) is 4. The zero-order chi connectivity index (χ0) is 19.2. The summed E-state index contributed by atoms with van der Waals surface area (Å²) in [5, 5.41) is 3.45. The number of fused-ring (bicyclic) bond motifs is 1. The number of hydrogen-bond donors (Lipinski definition) is 1. The van der Waals surface area contributed by atoms with Crippen LogP contribution in [0.3, 0.4) is 0 Å². The van der Waals surface area contributed by atoms with Crippen LogP contribution in [-0.2, 0) is 28.9 Å². The van der Waals surface area contributed by atoms with Crippen LogP contribution in [0.2, 0.25) is 0 Å². The zero-order valence-corrected chi connectivity index (χ0v) is 16.1. The molecule has 0 amide bonds. The molecule has 27 heavy (non-hydrogen) atoms. The summed E-state index contributed by atoms with van der Waals surface area (Å²) in [5.41, 5.74) is 5.13. The number of nitrogens with zero attached hydrogens (tertiary/aromatic N) is 1. The predicted molar refractivity (Wildman–Crippen MR) is 107 cm³/mol. The maximum absolute atomic E-state index is 14.4. The van der Waals surface area contributed by atoms with Gasteiger partial charge < -0.3 is 15.0 Å². The van der Waals surface area contributed by atoms with Gasteiger partial charge >= 0.3 is 5.97 Å². The maximum Gasteiger partial charge on any atom is 0.306 e. The van der Waals surface area contributed by atoms with Crippen LogP contribution >= 0.6 is 0 Å². The zero-order valence-electron chi connectivity index (χ0n) is 16.1. The van der Waals surface area contributed by atoms with Crippen LogP contribution in [0.4, 0.5) is 15.8 Å². The van der Waals surface area contributed by atoms with Crippen LogP contribution in [0, 0.1) is 5.82 Å². The first-order valence-electron chi connectivity index (χ1n) is 9.57. The topological polar surface area (TPSA) is 41.6 Å². The highest BCUT2D eigenvalue weighted by atomic mass is 19.1. The molecule has 0 saturated heterocycles. The normalized spacial score (nSPS) is 12.9. The molecule has 1 heterocycles. The first-order chi connectivity index (χ1) is 13.1. The summed E-state index contributed by atoms with van der Waals surface area (Å²) in [6.45, 7) is 3.84. The summed E-state index contributed by atoms with van der Waals surface area (Å²) < 4.78 is 19.3. The molecule has 2 aromatic rings. The fraction of sp³-hybridized carbons (Fsp3) is 0.409. The Morgan fingerprint density at radius 2 is 2.11 bits per heavy atom. The second kappa shape index (κ2) is 8.89. The lowest BCUT2D eigenvalue weighted by atomic mass is 10.0. The molecule has 5 heteroatoms. The number of esters is 1. The van der Waals surface area contributed by atoms with Crippen LogP contribution < -0.4 is 10.2 Å². The number of benzene rings is 2. The van der Waals surface area contributed by atoms with E-state index in [9.17, 15) is 9.18 Å². The Labute approximate surface area is 160 Å². The van der Waals surface area contributed by atoms with Crippen LogP contribution in [-0.4, -0.2) is 26.2 Å². The Kier molecular flexibility index (Phi) is 6.32. The maximum atomic E-state index is 14.4. The van der Waals surface area contributed by atoms with E-state index in [1.165, 1.54) is 29.3 Å². The van der Waals surface area contributed by atoms with Gasteiger partial charge in [-0.05, 0) is 61.1 Å². The van der Waals surface area contributed by atoms with Crippen molar-refractivity contribution in [2.75, 3.05) is 30.4 Å². The van der Waals surface area contributed by atoms with Gasteiger partial charge in [-0.1, -0.05) is 18.2 Å². The van der Waals surface area contributed by atoms with Gasteiger partial charge in [0.25, 0.3) is 0 Å². The molecule has 0 atom stereocenters. The molecule has 0 radical (unpaired) electrons. The van der Waals surface area contributed by atoms with E-state index in [0.29, 0.717) is 25.1 Å². The predicted octanol–water partition coefficient (Wildman–Crippen LogP) is 4.32. The number of carbonyl (C=O) groups is 1. The summed E-state index contributed by atoms with van der Waals surface area (Å²) >= 11 is 0. The average molecular weight is 370 g/mol. The Balaban J connectivity index is 1.64. The number of anilines is 2. The summed E-state index contributed by atoms with van der Waals surface area (Å²) in [6.07, 6.45) is 2.85. The SMILES string of the molecule is CCOC(=O)CCc1ccc(N(C)Cc2ccc3c(c2)NCCC3)cc1F. The summed E-state index contributed by atoms with van der Waals surface area (Å²) in [7, 11) is 1.96. The van der Waals surface area contributed by atoms with Gasteiger partial charge in [-0.2, -0.15) is 0 Å². The van der Waals surface area contributed by atoms with Crippen LogP contribution in [0.1, 0.15) is 36.5 Å². The minimum atomic E-state index is -0.292. The van der Waals surface area contributed by atoms with Gasteiger partial charge in [-0.3, -0.25) is 4.79 Å². The quantitative estimate of drug-likeness (QED) is 0.737. The molecule has 2 aromatic carbocycles. The van der Waals surface area contributed by atoms with Gasteiger partial charge in [-0.15, -0.1) is 0 Å². The number of aryl methyl sites for hydroxylation is 2. The number of ether oxygens (including phenoxy) is 1. The Bertz CT molecular complexity index is 807. The third-order valence-corrected chi connectivity index (χ3v) is 4.91. The van der Waals surface area contributed by atoms with E-state index in [0.717, 1.165) is 18.7 Å². The van der Waals surface area contributed by atoms with Crippen molar-refractivity contribution in [1.29, 1.82) is 0 Å². The number of rotatable bonds is 7.